The van der Waals surface area contributed by atoms with Crippen molar-refractivity contribution in [3.05, 3.63) is 66.9 Å². The third-order valence-corrected chi connectivity index (χ3v) is 12.8. The van der Waals surface area contributed by atoms with Gasteiger partial charge in [0.25, 0.3) is 23.6 Å². The zero-order valence-electron chi connectivity index (χ0n) is 33.1. The fraction of sp³-hybridized carbons (Fsp3) is 0.463. The number of nitrogens with one attached hydrogen (secondary N) is 2. The molecule has 0 bridgehead atoms. The number of imide groups is 1. The van der Waals surface area contributed by atoms with E-state index in [1.54, 1.807) is 13.8 Å². The van der Waals surface area contributed by atoms with Crippen molar-refractivity contribution in [3.63, 3.8) is 0 Å². The van der Waals surface area contributed by atoms with Crippen molar-refractivity contribution < 1.29 is 57.3 Å². The highest BCUT2D eigenvalue weighted by Gasteiger charge is 2.44. The number of benzene rings is 1. The van der Waals surface area contributed by atoms with Gasteiger partial charge in [0.15, 0.2) is 13.2 Å². The van der Waals surface area contributed by atoms with Crippen LogP contribution >= 0.6 is 22.7 Å². The van der Waals surface area contributed by atoms with Crippen LogP contribution in [0.3, 0.4) is 0 Å². The summed E-state index contributed by atoms with van der Waals surface area (Å²) in [6, 6.07) is 2.29. The summed E-state index contributed by atoms with van der Waals surface area (Å²) in [7, 11) is 2.52. The van der Waals surface area contributed by atoms with Crippen molar-refractivity contribution >= 4 is 80.2 Å². The number of methoxy groups -OCH3 is 2. The number of hydrogen-bond donors (Lipinski definition) is 2. The summed E-state index contributed by atoms with van der Waals surface area (Å²) in [6.45, 7) is 6.33. The highest BCUT2D eigenvalue weighted by atomic mass is 32.1. The first-order valence-corrected chi connectivity index (χ1v) is 20.7. The summed E-state index contributed by atoms with van der Waals surface area (Å²) in [6.07, 6.45) is 4.65. The molecule has 0 saturated heterocycles. The highest BCUT2D eigenvalue weighted by molar-refractivity contribution is 7.17. The molecule has 3 aromatic rings. The van der Waals surface area contributed by atoms with Crippen LogP contribution in [0.25, 0.3) is 0 Å². The number of carbonyl (C=O) groups is 8. The van der Waals surface area contributed by atoms with E-state index in [1.807, 2.05) is 0 Å². The van der Waals surface area contributed by atoms with Crippen molar-refractivity contribution in [1.82, 2.24) is 4.90 Å². The maximum absolute atomic E-state index is 13.7. The lowest BCUT2D eigenvalue weighted by atomic mass is 9.88. The first-order valence-electron chi connectivity index (χ1n) is 19.0. The predicted octanol–water partition coefficient (Wildman–Crippen LogP) is 5.62. The summed E-state index contributed by atoms with van der Waals surface area (Å²) in [4.78, 5) is 108. The average Bonchev–Trinajstić information content (AvgIpc) is 3.81. The van der Waals surface area contributed by atoms with Crippen LogP contribution in [0.4, 0.5) is 10.0 Å². The molecule has 15 nitrogen and oxygen atoms in total. The number of rotatable bonds is 13. The molecule has 2 aromatic heterocycles. The molecule has 0 radical (unpaired) electrons. The number of ether oxygens (including phenoxy) is 4. The lowest BCUT2D eigenvalue weighted by Gasteiger charge is -2.25. The van der Waals surface area contributed by atoms with Gasteiger partial charge >= 0.3 is 23.9 Å². The van der Waals surface area contributed by atoms with Crippen molar-refractivity contribution in [2.75, 3.05) is 38.1 Å². The Balaban J connectivity index is 1.10. The van der Waals surface area contributed by atoms with Gasteiger partial charge in [-0.3, -0.25) is 24.1 Å². The van der Waals surface area contributed by atoms with Crippen LogP contribution in [-0.2, 0) is 59.0 Å². The molecular formula is C41H45N3O12S2. The number of thiophene rings is 2. The molecular weight excluding hydrogens is 791 g/mol. The molecule has 6 rings (SSSR count). The largest absolute Gasteiger partial charge is 0.465 e. The van der Waals surface area contributed by atoms with E-state index in [-0.39, 0.29) is 34.6 Å². The normalized spacial score (nSPS) is 17.5. The van der Waals surface area contributed by atoms with Crippen LogP contribution in [0, 0.1) is 17.8 Å². The maximum Gasteiger partial charge on any atom is 0.341 e. The van der Waals surface area contributed by atoms with Crippen LogP contribution in [0.1, 0.15) is 120 Å². The minimum absolute atomic E-state index is 0.0161. The van der Waals surface area contributed by atoms with E-state index in [0.29, 0.717) is 40.2 Å². The molecule has 3 aliphatic rings. The fourth-order valence-corrected chi connectivity index (χ4v) is 10.3. The van der Waals surface area contributed by atoms with Crippen LogP contribution in [-0.4, -0.2) is 85.9 Å². The molecule has 3 heterocycles. The number of amides is 4. The van der Waals surface area contributed by atoms with Crippen molar-refractivity contribution in [1.29, 1.82) is 0 Å². The first kappa shape index (κ1) is 42.2. The zero-order chi connectivity index (χ0) is 42.0. The average molecular weight is 836 g/mol. The van der Waals surface area contributed by atoms with E-state index in [1.165, 1.54) is 49.0 Å². The Kier molecular flexibility index (Phi) is 12.8. The Bertz CT molecular complexity index is 2200. The highest BCUT2D eigenvalue weighted by Crippen LogP contribution is 2.41. The molecule has 308 valence electrons. The van der Waals surface area contributed by atoms with Crippen LogP contribution < -0.4 is 10.6 Å². The monoisotopic (exact) mass is 835 g/mol. The van der Waals surface area contributed by atoms with E-state index >= 15 is 0 Å². The predicted molar refractivity (Wildman–Crippen MR) is 212 cm³/mol. The second kappa shape index (κ2) is 17.6. The summed E-state index contributed by atoms with van der Waals surface area (Å²) in [5, 5.41) is 5.94. The number of fused-ring (bicyclic) bond motifs is 3. The molecule has 1 aliphatic heterocycles. The van der Waals surface area contributed by atoms with Crippen LogP contribution in [0.2, 0.25) is 0 Å². The molecule has 58 heavy (non-hydrogen) atoms. The molecule has 1 aromatic carbocycles. The smallest absolute Gasteiger partial charge is 0.341 e. The van der Waals surface area contributed by atoms with Crippen molar-refractivity contribution in [2.45, 2.75) is 78.7 Å². The van der Waals surface area contributed by atoms with E-state index in [9.17, 15) is 38.4 Å². The number of anilines is 2. The molecule has 2 N–H and O–H groups in total. The van der Waals surface area contributed by atoms with Gasteiger partial charge in [0, 0.05) is 9.75 Å². The van der Waals surface area contributed by atoms with E-state index < -0.39 is 66.8 Å². The van der Waals surface area contributed by atoms with E-state index in [0.717, 1.165) is 57.5 Å². The lowest BCUT2D eigenvalue weighted by Crippen LogP contribution is -2.46. The molecule has 2 aliphatic carbocycles. The second-order valence-electron chi connectivity index (χ2n) is 15.3. The molecule has 4 amide bonds. The van der Waals surface area contributed by atoms with Gasteiger partial charge in [-0.05, 0) is 92.0 Å². The third-order valence-electron chi connectivity index (χ3n) is 10.4. The van der Waals surface area contributed by atoms with Gasteiger partial charge in [-0.25, -0.2) is 19.2 Å². The van der Waals surface area contributed by atoms with Crippen LogP contribution in [0.15, 0.2) is 18.2 Å². The zero-order valence-corrected chi connectivity index (χ0v) is 34.7. The standard InChI is InChI=1S/C41H45N3O12S2/c1-19(2)13-27(39(50)56-18-31(46)43-35-33(41(52)54-6)25-11-8-21(4)15-29(25)58-35)44-36(47)23-12-9-22(16-26(23)37(44)48)38(49)55-17-30(45)42-34-32(40(51)53-5)24-10-7-20(3)14-28(24)57-34/h9,12,16,19-21,27H,7-8,10-11,13-15,17-18H2,1-6H3,(H,42,45)(H,43,46)/t20-,21-,27-/m1/s1. The summed E-state index contributed by atoms with van der Waals surface area (Å²) >= 11 is 2.56. The number of esters is 4. The van der Waals surface area contributed by atoms with Crippen molar-refractivity contribution in [3.8, 4) is 0 Å². The molecule has 0 fully saturated rings. The Morgan fingerprint density at radius 2 is 1.24 bits per heavy atom. The van der Waals surface area contributed by atoms with Gasteiger partial charge in [-0.2, -0.15) is 0 Å². The summed E-state index contributed by atoms with van der Waals surface area (Å²) in [5.41, 5.74) is 1.92. The topological polar surface area (TPSA) is 201 Å². The van der Waals surface area contributed by atoms with Gasteiger partial charge in [0.05, 0.1) is 42.0 Å². The molecule has 0 spiro atoms. The minimum Gasteiger partial charge on any atom is -0.465 e. The number of nitrogens with zero attached hydrogens (tertiary/aromatic N) is 1. The Labute approximate surface area is 342 Å². The van der Waals surface area contributed by atoms with Crippen molar-refractivity contribution in [2.24, 2.45) is 17.8 Å². The van der Waals surface area contributed by atoms with E-state index in [4.69, 9.17) is 18.9 Å². The third kappa shape index (κ3) is 8.70. The molecule has 3 atom stereocenters. The summed E-state index contributed by atoms with van der Waals surface area (Å²) in [5.74, 6) is -5.52. The number of carbonyl (C=O) groups excluding carboxylic acids is 8. The maximum atomic E-state index is 13.7. The lowest BCUT2D eigenvalue weighted by molar-refractivity contribution is -0.151. The first-order chi connectivity index (χ1) is 27.6. The molecule has 0 unspecified atom stereocenters. The van der Waals surface area contributed by atoms with Gasteiger partial charge in [-0.15, -0.1) is 22.7 Å². The second-order valence-corrected chi connectivity index (χ2v) is 17.5. The summed E-state index contributed by atoms with van der Waals surface area (Å²) < 4.78 is 20.5. The van der Waals surface area contributed by atoms with Gasteiger partial charge in [-0.1, -0.05) is 27.7 Å². The molecule has 17 heteroatoms. The SMILES string of the molecule is COC(=O)c1c(NC(=O)COC(=O)c2ccc3c(c2)C(=O)N([C@H](CC(C)C)C(=O)OCC(=O)Nc2sc4c(c2C(=O)OC)CC[C@@H](C)C4)C3=O)sc2c1CC[C@@H](C)C2. The van der Waals surface area contributed by atoms with Gasteiger partial charge < -0.3 is 29.6 Å². The minimum atomic E-state index is -1.40. The van der Waals surface area contributed by atoms with Gasteiger partial charge in [0.1, 0.15) is 16.0 Å². The fourth-order valence-electron chi connectivity index (χ4n) is 7.51. The molecule has 0 saturated carbocycles. The van der Waals surface area contributed by atoms with E-state index in [2.05, 4.69) is 24.5 Å². The quantitative estimate of drug-likeness (QED) is 0.123. The Hall–Kier alpha value is -5.42. The number of hydrogen-bond acceptors (Lipinski definition) is 14. The Morgan fingerprint density at radius 3 is 1.74 bits per heavy atom. The van der Waals surface area contributed by atoms with Crippen LogP contribution in [0.5, 0.6) is 0 Å². The Morgan fingerprint density at radius 1 is 0.741 bits per heavy atom. The van der Waals surface area contributed by atoms with Gasteiger partial charge in [0.2, 0.25) is 0 Å².